The zero-order valence-corrected chi connectivity index (χ0v) is 20.3. The van der Waals surface area contributed by atoms with Crippen molar-refractivity contribution in [2.24, 2.45) is 4.99 Å². The molecule has 0 spiro atoms. The Kier molecular flexibility index (Phi) is 12.8. The third-order valence-corrected chi connectivity index (χ3v) is 3.74. The molecule has 0 saturated heterocycles. The molecule has 0 aliphatic heterocycles. The Morgan fingerprint density at radius 1 is 1.25 bits per heavy atom. The molecule has 2 N–H and O–H groups in total. The van der Waals surface area contributed by atoms with Gasteiger partial charge in [0.25, 0.3) is 0 Å². The van der Waals surface area contributed by atoms with Crippen LogP contribution in [0.1, 0.15) is 46.7 Å². The van der Waals surface area contributed by atoms with Gasteiger partial charge >= 0.3 is 6.09 Å². The summed E-state index contributed by atoms with van der Waals surface area (Å²) in [7, 11) is 1.75. The highest BCUT2D eigenvalue weighted by atomic mass is 127. The monoisotopic (exact) mass is 505 g/mol. The number of amides is 1. The highest BCUT2D eigenvalue weighted by Crippen LogP contribution is 2.12. The first-order valence-electron chi connectivity index (χ1n) is 9.57. The van der Waals surface area contributed by atoms with Crippen molar-refractivity contribution in [1.29, 1.82) is 0 Å². The minimum absolute atomic E-state index is 0. The lowest BCUT2D eigenvalue weighted by atomic mass is 10.2. The average Bonchev–Trinajstić information content (AvgIpc) is 2.59. The molecule has 8 heteroatoms. The summed E-state index contributed by atoms with van der Waals surface area (Å²) in [5.74, 6) is 0.749. The maximum absolute atomic E-state index is 12.3. The molecule has 7 nitrogen and oxygen atoms in total. The number of carbonyl (C=O) groups excluding carboxylic acids is 1. The van der Waals surface area contributed by atoms with Crippen LogP contribution in [-0.2, 0) is 11.2 Å². The first-order valence-corrected chi connectivity index (χ1v) is 9.57. The van der Waals surface area contributed by atoms with Crippen molar-refractivity contribution in [3.8, 4) is 0 Å². The minimum Gasteiger partial charge on any atom is -0.444 e. The summed E-state index contributed by atoms with van der Waals surface area (Å²) in [4.78, 5) is 22.6. The van der Waals surface area contributed by atoms with E-state index in [9.17, 15) is 4.79 Å². The van der Waals surface area contributed by atoms with Crippen LogP contribution >= 0.6 is 24.0 Å². The molecular formula is C20H36IN5O2. The number of aliphatic imine (C=N–C) groups is 1. The van der Waals surface area contributed by atoms with Crippen LogP contribution in [0, 0.1) is 0 Å². The van der Waals surface area contributed by atoms with Crippen LogP contribution in [0.2, 0.25) is 0 Å². The maximum atomic E-state index is 12.3. The number of hydrogen-bond acceptors (Lipinski definition) is 4. The lowest BCUT2D eigenvalue weighted by Crippen LogP contribution is -2.43. The summed E-state index contributed by atoms with van der Waals surface area (Å²) in [6.45, 7) is 11.7. The molecule has 1 rings (SSSR count). The molecule has 0 fully saturated rings. The smallest absolute Gasteiger partial charge is 0.410 e. The van der Waals surface area contributed by atoms with Crippen molar-refractivity contribution in [2.45, 2.75) is 59.1 Å². The number of nitrogens with one attached hydrogen (secondary N) is 2. The number of nitrogens with zero attached hydrogens (tertiary/aromatic N) is 3. The Balaban J connectivity index is 0.00000729. The number of halogens is 1. The van der Waals surface area contributed by atoms with Gasteiger partial charge in [0.2, 0.25) is 0 Å². The van der Waals surface area contributed by atoms with Crippen LogP contribution in [-0.4, -0.2) is 60.3 Å². The topological polar surface area (TPSA) is 78.9 Å². The van der Waals surface area contributed by atoms with Gasteiger partial charge in [-0.1, -0.05) is 6.07 Å². The second-order valence-corrected chi connectivity index (χ2v) is 7.62. The van der Waals surface area contributed by atoms with E-state index in [-0.39, 0.29) is 36.1 Å². The fourth-order valence-corrected chi connectivity index (χ4v) is 2.41. The lowest BCUT2D eigenvalue weighted by Gasteiger charge is -2.30. The molecule has 0 aliphatic carbocycles. The average molecular weight is 505 g/mol. The van der Waals surface area contributed by atoms with Crippen molar-refractivity contribution in [1.82, 2.24) is 20.5 Å². The molecule has 160 valence electrons. The van der Waals surface area contributed by atoms with Crippen LogP contribution in [0.3, 0.4) is 0 Å². The zero-order valence-electron chi connectivity index (χ0n) is 18.0. The lowest BCUT2D eigenvalue weighted by molar-refractivity contribution is 0.0190. The van der Waals surface area contributed by atoms with Gasteiger partial charge in [0.05, 0.1) is 0 Å². The molecule has 0 unspecified atom stereocenters. The molecule has 28 heavy (non-hydrogen) atoms. The van der Waals surface area contributed by atoms with Crippen LogP contribution in [0.4, 0.5) is 4.79 Å². The summed E-state index contributed by atoms with van der Waals surface area (Å²) < 4.78 is 5.48. The molecule has 0 aliphatic rings. The van der Waals surface area contributed by atoms with E-state index < -0.39 is 5.60 Å². The van der Waals surface area contributed by atoms with Gasteiger partial charge in [0, 0.05) is 51.0 Å². The Bertz CT molecular complexity index is 588. The molecule has 1 amide bonds. The number of ether oxygens (including phenoxy) is 1. The Morgan fingerprint density at radius 3 is 2.46 bits per heavy atom. The molecule has 0 radical (unpaired) electrons. The third-order valence-electron chi connectivity index (χ3n) is 3.74. The highest BCUT2D eigenvalue weighted by Gasteiger charge is 2.23. The van der Waals surface area contributed by atoms with Gasteiger partial charge in [0.15, 0.2) is 5.96 Å². The second-order valence-electron chi connectivity index (χ2n) is 7.62. The molecule has 0 atom stereocenters. The van der Waals surface area contributed by atoms with Gasteiger partial charge in [-0.05, 0) is 53.2 Å². The minimum atomic E-state index is -0.484. The summed E-state index contributed by atoms with van der Waals surface area (Å²) in [6, 6.07) is 6.00. The molecule has 1 aromatic rings. The van der Waals surface area contributed by atoms with E-state index in [2.05, 4.69) is 20.6 Å². The van der Waals surface area contributed by atoms with E-state index in [1.54, 1.807) is 18.1 Å². The van der Waals surface area contributed by atoms with E-state index in [0.717, 1.165) is 37.6 Å². The SMILES string of the molecule is CN=C(NCCCN(C(=O)OC(C)(C)C)C(C)C)NCCc1ccccn1.I. The van der Waals surface area contributed by atoms with E-state index >= 15 is 0 Å². The van der Waals surface area contributed by atoms with Crippen molar-refractivity contribution >= 4 is 36.0 Å². The van der Waals surface area contributed by atoms with Gasteiger partial charge in [0.1, 0.15) is 5.60 Å². The number of carbonyl (C=O) groups is 1. The highest BCUT2D eigenvalue weighted by molar-refractivity contribution is 14.0. The van der Waals surface area contributed by atoms with Crippen LogP contribution in [0.25, 0.3) is 0 Å². The van der Waals surface area contributed by atoms with Crippen LogP contribution in [0.15, 0.2) is 29.4 Å². The second kappa shape index (κ2) is 13.6. The van der Waals surface area contributed by atoms with Crippen molar-refractivity contribution < 1.29 is 9.53 Å². The quantitative estimate of drug-likeness (QED) is 0.245. The van der Waals surface area contributed by atoms with E-state index in [1.165, 1.54) is 0 Å². The zero-order chi connectivity index (χ0) is 20.3. The fourth-order valence-electron chi connectivity index (χ4n) is 2.41. The van der Waals surface area contributed by atoms with Gasteiger partial charge in [-0.25, -0.2) is 4.79 Å². The van der Waals surface area contributed by atoms with E-state index in [4.69, 9.17) is 4.74 Å². The molecule has 0 aromatic carbocycles. The third kappa shape index (κ3) is 11.3. The molecule has 1 heterocycles. The van der Waals surface area contributed by atoms with E-state index in [0.29, 0.717) is 6.54 Å². The first kappa shape index (κ1) is 26.4. The van der Waals surface area contributed by atoms with Crippen molar-refractivity contribution in [2.75, 3.05) is 26.7 Å². The number of rotatable bonds is 8. The molecular weight excluding hydrogens is 469 g/mol. The number of hydrogen-bond donors (Lipinski definition) is 2. The van der Waals surface area contributed by atoms with Gasteiger partial charge in [-0.3, -0.25) is 9.98 Å². The summed E-state index contributed by atoms with van der Waals surface area (Å²) in [5.41, 5.74) is 0.563. The predicted molar refractivity (Wildman–Crippen MR) is 125 cm³/mol. The van der Waals surface area contributed by atoms with Crippen molar-refractivity contribution in [3.63, 3.8) is 0 Å². The fraction of sp³-hybridized carbons (Fsp3) is 0.650. The molecule has 0 bridgehead atoms. The normalized spacial score (nSPS) is 11.6. The van der Waals surface area contributed by atoms with Gasteiger partial charge in [-0.15, -0.1) is 24.0 Å². The van der Waals surface area contributed by atoms with Gasteiger partial charge in [-0.2, -0.15) is 0 Å². The summed E-state index contributed by atoms with van der Waals surface area (Å²) in [6.07, 6.45) is 3.17. The number of guanidine groups is 1. The Hall–Kier alpha value is -1.58. The first-order chi connectivity index (χ1) is 12.7. The largest absolute Gasteiger partial charge is 0.444 e. The number of aromatic nitrogens is 1. The Morgan fingerprint density at radius 2 is 1.93 bits per heavy atom. The standard InChI is InChI=1S/C20H35N5O2.HI/c1-16(2)25(19(26)27-20(3,4)5)15-9-13-23-18(21-6)24-14-11-17-10-7-8-12-22-17;/h7-8,10,12,16H,9,11,13-15H2,1-6H3,(H2,21,23,24);1H. The van der Waals surface area contributed by atoms with Crippen LogP contribution in [0.5, 0.6) is 0 Å². The molecule has 0 saturated carbocycles. The molecule has 1 aromatic heterocycles. The van der Waals surface area contributed by atoms with Crippen LogP contribution < -0.4 is 10.6 Å². The Labute approximate surface area is 186 Å². The van der Waals surface area contributed by atoms with Crippen molar-refractivity contribution in [3.05, 3.63) is 30.1 Å². The summed E-state index contributed by atoms with van der Waals surface area (Å²) in [5, 5.41) is 6.55. The maximum Gasteiger partial charge on any atom is 0.410 e. The predicted octanol–water partition coefficient (Wildman–Crippen LogP) is 3.44. The van der Waals surface area contributed by atoms with E-state index in [1.807, 2.05) is 52.8 Å². The number of pyridine rings is 1. The summed E-state index contributed by atoms with van der Waals surface area (Å²) >= 11 is 0. The van der Waals surface area contributed by atoms with Gasteiger partial charge < -0.3 is 20.3 Å².